The maximum atomic E-state index is 13.4. The van der Waals surface area contributed by atoms with Gasteiger partial charge in [0.25, 0.3) is 0 Å². The number of nitrogens with one attached hydrogen (secondary N) is 2. The summed E-state index contributed by atoms with van der Waals surface area (Å²) >= 11 is 0. The van der Waals surface area contributed by atoms with Crippen LogP contribution in [0.25, 0.3) is 0 Å². The van der Waals surface area contributed by atoms with Crippen molar-refractivity contribution in [2.75, 3.05) is 11.9 Å². The van der Waals surface area contributed by atoms with E-state index in [-0.39, 0.29) is 5.92 Å². The van der Waals surface area contributed by atoms with Crippen molar-refractivity contribution in [3.05, 3.63) is 29.6 Å². The molecule has 1 amide bonds. The van der Waals surface area contributed by atoms with Crippen molar-refractivity contribution in [1.82, 2.24) is 5.32 Å². The average Bonchev–Trinajstić information content (AvgIpc) is 2.34. The monoisotopic (exact) mass is 272 g/mol. The molecule has 2 atom stereocenters. The summed E-state index contributed by atoms with van der Waals surface area (Å²) < 4.78 is 39.6. The number of carbonyl (C=O) groups excluding carboxylic acids is 1. The van der Waals surface area contributed by atoms with Crippen LogP contribution < -0.4 is 10.6 Å². The fraction of sp³-hybridized carbons (Fsp3) is 0.462. The molecule has 6 heteroatoms. The predicted molar refractivity (Wildman–Crippen MR) is 65.1 cm³/mol. The second-order valence-corrected chi connectivity index (χ2v) is 4.78. The number of carbonyl (C=O) groups is 1. The largest absolute Gasteiger partial charge is 0.320 e. The molecule has 0 aliphatic carbocycles. The summed E-state index contributed by atoms with van der Waals surface area (Å²) in [6, 6.07) is 0.588. The molecule has 1 saturated heterocycles. The van der Waals surface area contributed by atoms with Crippen LogP contribution in [0.3, 0.4) is 0 Å². The molecule has 19 heavy (non-hydrogen) atoms. The molecule has 1 heterocycles. The maximum Gasteiger partial charge on any atom is 0.241 e. The number of hydrogen-bond donors (Lipinski definition) is 2. The van der Waals surface area contributed by atoms with Crippen LogP contribution in [0.2, 0.25) is 0 Å². The zero-order valence-electron chi connectivity index (χ0n) is 10.5. The van der Waals surface area contributed by atoms with Crippen molar-refractivity contribution in [3.63, 3.8) is 0 Å². The number of hydrogen-bond acceptors (Lipinski definition) is 2. The molecule has 1 aliphatic heterocycles. The van der Waals surface area contributed by atoms with Gasteiger partial charge < -0.3 is 10.6 Å². The van der Waals surface area contributed by atoms with Crippen LogP contribution in [0.15, 0.2) is 12.1 Å². The average molecular weight is 272 g/mol. The van der Waals surface area contributed by atoms with Crippen molar-refractivity contribution in [1.29, 1.82) is 0 Å². The van der Waals surface area contributed by atoms with Gasteiger partial charge in [0.15, 0.2) is 11.6 Å². The second-order valence-electron chi connectivity index (χ2n) is 4.78. The van der Waals surface area contributed by atoms with Gasteiger partial charge >= 0.3 is 0 Å². The Bertz CT molecular complexity index is 470. The fourth-order valence-corrected chi connectivity index (χ4v) is 2.26. The highest BCUT2D eigenvalue weighted by Gasteiger charge is 2.28. The van der Waals surface area contributed by atoms with Gasteiger partial charge in [-0.3, -0.25) is 4.79 Å². The van der Waals surface area contributed by atoms with Crippen molar-refractivity contribution in [2.24, 2.45) is 5.92 Å². The van der Waals surface area contributed by atoms with E-state index in [0.29, 0.717) is 18.7 Å². The zero-order valence-corrected chi connectivity index (χ0v) is 10.5. The maximum absolute atomic E-state index is 13.4. The predicted octanol–water partition coefficient (Wildman–Crippen LogP) is 2.43. The van der Waals surface area contributed by atoms with Crippen LogP contribution in [0.5, 0.6) is 0 Å². The van der Waals surface area contributed by atoms with Gasteiger partial charge in [0.2, 0.25) is 5.91 Å². The Hall–Kier alpha value is -1.56. The normalized spacial score (nSPS) is 23.2. The van der Waals surface area contributed by atoms with Crippen LogP contribution in [-0.2, 0) is 4.79 Å². The van der Waals surface area contributed by atoms with Crippen molar-refractivity contribution >= 4 is 11.6 Å². The van der Waals surface area contributed by atoms with E-state index in [1.165, 1.54) is 0 Å². The highest BCUT2D eigenvalue weighted by Crippen LogP contribution is 2.22. The van der Waals surface area contributed by atoms with E-state index in [2.05, 4.69) is 10.6 Å². The first-order valence-corrected chi connectivity index (χ1v) is 6.18. The smallest absolute Gasteiger partial charge is 0.241 e. The second kappa shape index (κ2) is 5.61. The minimum atomic E-state index is -1.12. The Morgan fingerprint density at radius 3 is 2.53 bits per heavy atom. The molecule has 0 radical (unpaired) electrons. The lowest BCUT2D eigenvalue weighted by Crippen LogP contribution is -2.48. The van der Waals surface area contributed by atoms with E-state index in [9.17, 15) is 18.0 Å². The van der Waals surface area contributed by atoms with Gasteiger partial charge in [0, 0.05) is 12.1 Å². The zero-order chi connectivity index (χ0) is 14.0. The summed E-state index contributed by atoms with van der Waals surface area (Å²) in [5, 5.41) is 5.20. The van der Waals surface area contributed by atoms with E-state index in [0.717, 1.165) is 12.8 Å². The highest BCUT2D eigenvalue weighted by atomic mass is 19.1. The van der Waals surface area contributed by atoms with Crippen LogP contribution in [-0.4, -0.2) is 18.5 Å². The summed E-state index contributed by atoms with van der Waals surface area (Å²) in [6.07, 6.45) is 1.84. The Morgan fingerprint density at radius 1 is 1.32 bits per heavy atom. The molecule has 0 aromatic heterocycles. The first kappa shape index (κ1) is 13.9. The SMILES string of the molecule is CC1CCCNC1C(=O)Nc1c(F)cc(F)cc1F. The molecule has 0 bridgehead atoms. The van der Waals surface area contributed by atoms with E-state index >= 15 is 0 Å². The molecular weight excluding hydrogens is 257 g/mol. The minimum absolute atomic E-state index is 0.0836. The Labute approximate surface area is 109 Å². The highest BCUT2D eigenvalue weighted by molar-refractivity contribution is 5.95. The number of anilines is 1. The topological polar surface area (TPSA) is 41.1 Å². The summed E-state index contributed by atoms with van der Waals surface area (Å²) in [5.74, 6) is -3.67. The first-order valence-electron chi connectivity index (χ1n) is 6.18. The third-order valence-electron chi connectivity index (χ3n) is 3.31. The lowest BCUT2D eigenvalue weighted by atomic mass is 9.92. The van der Waals surface area contributed by atoms with Gasteiger partial charge in [-0.15, -0.1) is 0 Å². The molecule has 1 aromatic rings. The van der Waals surface area contributed by atoms with E-state index in [1.807, 2.05) is 6.92 Å². The van der Waals surface area contributed by atoms with Crippen molar-refractivity contribution in [2.45, 2.75) is 25.8 Å². The van der Waals surface area contributed by atoms with Crippen molar-refractivity contribution in [3.8, 4) is 0 Å². The van der Waals surface area contributed by atoms with Gasteiger partial charge in [-0.25, -0.2) is 13.2 Å². The third-order valence-corrected chi connectivity index (χ3v) is 3.31. The molecule has 0 saturated carbocycles. The van der Waals surface area contributed by atoms with Gasteiger partial charge in [0.1, 0.15) is 11.5 Å². The number of amides is 1. The van der Waals surface area contributed by atoms with E-state index in [4.69, 9.17) is 0 Å². The summed E-state index contributed by atoms with van der Waals surface area (Å²) in [7, 11) is 0. The van der Waals surface area contributed by atoms with Crippen LogP contribution in [0.4, 0.5) is 18.9 Å². The number of rotatable bonds is 2. The number of halogens is 3. The quantitative estimate of drug-likeness (QED) is 0.868. The molecule has 1 aliphatic rings. The molecule has 104 valence electrons. The molecule has 1 aromatic carbocycles. The van der Waals surface area contributed by atoms with Crippen LogP contribution in [0, 0.1) is 23.4 Å². The molecule has 2 N–H and O–H groups in total. The van der Waals surface area contributed by atoms with E-state index in [1.54, 1.807) is 0 Å². The first-order chi connectivity index (χ1) is 8.99. The third kappa shape index (κ3) is 3.07. The molecule has 1 fully saturated rings. The summed E-state index contributed by atoms with van der Waals surface area (Å²) in [6.45, 7) is 2.59. The Morgan fingerprint density at radius 2 is 1.95 bits per heavy atom. The summed E-state index contributed by atoms with van der Waals surface area (Å²) in [5.41, 5.74) is -0.606. The standard InChI is InChI=1S/C13H15F3N2O/c1-7-3-2-4-17-11(7)13(19)18-12-9(15)5-8(14)6-10(12)16/h5-7,11,17H,2-4H2,1H3,(H,18,19). The van der Waals surface area contributed by atoms with Crippen LogP contribution in [0.1, 0.15) is 19.8 Å². The Balaban J connectivity index is 2.14. The molecular formula is C13H15F3N2O. The molecule has 3 nitrogen and oxygen atoms in total. The summed E-state index contributed by atoms with van der Waals surface area (Å²) in [4.78, 5) is 12.0. The molecule has 0 spiro atoms. The van der Waals surface area contributed by atoms with Gasteiger partial charge in [-0.2, -0.15) is 0 Å². The van der Waals surface area contributed by atoms with E-state index < -0.39 is 35.1 Å². The molecule has 2 rings (SSSR count). The lowest BCUT2D eigenvalue weighted by Gasteiger charge is -2.29. The van der Waals surface area contributed by atoms with Gasteiger partial charge in [-0.05, 0) is 25.3 Å². The lowest BCUT2D eigenvalue weighted by molar-refractivity contribution is -0.119. The number of piperidine rings is 1. The van der Waals surface area contributed by atoms with Crippen LogP contribution >= 0.6 is 0 Å². The van der Waals surface area contributed by atoms with Gasteiger partial charge in [-0.1, -0.05) is 6.92 Å². The fourth-order valence-electron chi connectivity index (χ4n) is 2.26. The number of benzene rings is 1. The molecule has 2 unspecified atom stereocenters. The minimum Gasteiger partial charge on any atom is -0.320 e. The van der Waals surface area contributed by atoms with Crippen molar-refractivity contribution < 1.29 is 18.0 Å². The Kier molecular flexibility index (Phi) is 4.09. The van der Waals surface area contributed by atoms with Gasteiger partial charge in [0.05, 0.1) is 6.04 Å².